The lowest BCUT2D eigenvalue weighted by Gasteiger charge is -2.22. The number of amides is 2. The lowest BCUT2D eigenvalue weighted by Crippen LogP contribution is -2.36. The van der Waals surface area contributed by atoms with Crippen LogP contribution in [0.2, 0.25) is 5.15 Å². The van der Waals surface area contributed by atoms with Crippen molar-refractivity contribution in [3.63, 3.8) is 0 Å². The van der Waals surface area contributed by atoms with Crippen molar-refractivity contribution in [2.24, 2.45) is 0 Å². The number of carbonyl (C=O) groups is 1. The zero-order valence-electron chi connectivity index (χ0n) is 12.3. The molecule has 0 aliphatic rings. The van der Waals surface area contributed by atoms with Gasteiger partial charge in [0.25, 0.3) is 0 Å². The number of pyridine rings is 1. The molecule has 2 N–H and O–H groups in total. The second-order valence-electron chi connectivity index (χ2n) is 4.89. The van der Waals surface area contributed by atoms with Crippen molar-refractivity contribution in [3.8, 4) is 0 Å². The van der Waals surface area contributed by atoms with Gasteiger partial charge in [-0.15, -0.1) is 0 Å². The highest BCUT2D eigenvalue weighted by atomic mass is 35.5. The third kappa shape index (κ3) is 4.44. The molecule has 2 aromatic rings. The summed E-state index contributed by atoms with van der Waals surface area (Å²) in [6.07, 6.45) is 1.51. The van der Waals surface area contributed by atoms with Gasteiger partial charge in [-0.1, -0.05) is 41.9 Å². The van der Waals surface area contributed by atoms with Gasteiger partial charge in [0.2, 0.25) is 0 Å². The molecule has 0 spiro atoms. The first kappa shape index (κ1) is 16.3. The molecule has 6 heteroatoms. The Balaban J connectivity index is 2.07. The number of anilines is 1. The Bertz CT molecular complexity index is 635. The molecule has 1 aromatic heterocycles. The first-order valence-electron chi connectivity index (χ1n) is 6.93. The van der Waals surface area contributed by atoms with Crippen molar-refractivity contribution in [2.45, 2.75) is 13.5 Å². The van der Waals surface area contributed by atoms with Gasteiger partial charge < -0.3 is 15.3 Å². The molecule has 0 atom stereocenters. The Labute approximate surface area is 134 Å². The minimum absolute atomic E-state index is 0.0991. The van der Waals surface area contributed by atoms with Crippen LogP contribution in [0.1, 0.15) is 11.1 Å². The van der Waals surface area contributed by atoms with Gasteiger partial charge in [0.1, 0.15) is 5.15 Å². The van der Waals surface area contributed by atoms with E-state index >= 15 is 0 Å². The number of halogens is 1. The average Bonchev–Trinajstić information content (AvgIpc) is 2.51. The van der Waals surface area contributed by atoms with Crippen molar-refractivity contribution in [3.05, 3.63) is 58.9 Å². The third-order valence-corrected chi connectivity index (χ3v) is 3.53. The van der Waals surface area contributed by atoms with Crippen molar-refractivity contribution in [2.75, 3.05) is 18.5 Å². The Morgan fingerprint density at radius 2 is 2.09 bits per heavy atom. The van der Waals surface area contributed by atoms with E-state index in [0.717, 1.165) is 11.1 Å². The summed E-state index contributed by atoms with van der Waals surface area (Å²) in [5.41, 5.74) is 2.36. The second-order valence-corrected chi connectivity index (χ2v) is 5.25. The Morgan fingerprint density at radius 1 is 1.36 bits per heavy atom. The van der Waals surface area contributed by atoms with Crippen LogP contribution in [-0.2, 0) is 6.54 Å². The minimum atomic E-state index is -0.290. The summed E-state index contributed by atoms with van der Waals surface area (Å²) in [5, 5.41) is 12.3. The number of benzene rings is 1. The highest BCUT2D eigenvalue weighted by Crippen LogP contribution is 2.16. The molecule has 0 saturated heterocycles. The van der Waals surface area contributed by atoms with Gasteiger partial charge in [0.05, 0.1) is 18.5 Å². The molecule has 0 unspecified atom stereocenters. The summed E-state index contributed by atoms with van der Waals surface area (Å²) in [6.45, 7) is 2.40. The van der Waals surface area contributed by atoms with Gasteiger partial charge in [-0.25, -0.2) is 9.78 Å². The molecule has 0 bridgehead atoms. The van der Waals surface area contributed by atoms with E-state index in [1.165, 1.54) is 6.20 Å². The predicted molar refractivity (Wildman–Crippen MR) is 86.9 cm³/mol. The summed E-state index contributed by atoms with van der Waals surface area (Å²) in [5.74, 6) is 0. The number of hydrogen-bond donors (Lipinski definition) is 2. The minimum Gasteiger partial charge on any atom is -0.395 e. The molecule has 0 fully saturated rings. The van der Waals surface area contributed by atoms with E-state index in [4.69, 9.17) is 16.7 Å². The molecular formula is C16H18ClN3O2. The first-order valence-corrected chi connectivity index (χ1v) is 7.31. The van der Waals surface area contributed by atoms with E-state index in [9.17, 15) is 4.79 Å². The van der Waals surface area contributed by atoms with E-state index in [1.807, 2.05) is 37.3 Å². The maximum absolute atomic E-state index is 12.3. The Hall–Kier alpha value is -2.11. The normalized spacial score (nSPS) is 10.3. The van der Waals surface area contributed by atoms with E-state index < -0.39 is 0 Å². The average molecular weight is 320 g/mol. The number of aryl methyl sites for hydroxylation is 1. The van der Waals surface area contributed by atoms with Crippen LogP contribution in [0.25, 0.3) is 0 Å². The second kappa shape index (κ2) is 7.77. The molecule has 1 aromatic carbocycles. The van der Waals surface area contributed by atoms with Crippen molar-refractivity contribution < 1.29 is 9.90 Å². The number of aliphatic hydroxyl groups is 1. The zero-order valence-corrected chi connectivity index (χ0v) is 13.0. The molecule has 0 aliphatic heterocycles. The standard InChI is InChI=1S/C16H18ClN3O2/c1-12-9-14(10-18-15(12)17)19-16(22)20(7-8-21)11-13-5-3-2-4-6-13/h2-6,9-10,21H,7-8,11H2,1H3,(H,19,22). The van der Waals surface area contributed by atoms with Gasteiger partial charge >= 0.3 is 6.03 Å². The quantitative estimate of drug-likeness (QED) is 0.832. The van der Waals surface area contributed by atoms with Crippen molar-refractivity contribution in [1.82, 2.24) is 9.88 Å². The van der Waals surface area contributed by atoms with Crippen molar-refractivity contribution in [1.29, 1.82) is 0 Å². The number of hydrogen-bond acceptors (Lipinski definition) is 3. The molecule has 2 rings (SSSR count). The van der Waals surface area contributed by atoms with Crippen LogP contribution >= 0.6 is 11.6 Å². The molecular weight excluding hydrogens is 302 g/mol. The highest BCUT2D eigenvalue weighted by molar-refractivity contribution is 6.30. The van der Waals surface area contributed by atoms with Crippen LogP contribution in [0.3, 0.4) is 0 Å². The molecule has 1 heterocycles. The topological polar surface area (TPSA) is 65.5 Å². The molecule has 116 valence electrons. The maximum Gasteiger partial charge on any atom is 0.322 e. The SMILES string of the molecule is Cc1cc(NC(=O)N(CCO)Cc2ccccc2)cnc1Cl. The summed E-state index contributed by atoms with van der Waals surface area (Å²) in [7, 11) is 0. The van der Waals surface area contributed by atoms with Gasteiger partial charge in [0, 0.05) is 13.1 Å². The number of nitrogens with one attached hydrogen (secondary N) is 1. The van der Waals surface area contributed by atoms with Gasteiger partial charge in [-0.2, -0.15) is 0 Å². The third-order valence-electron chi connectivity index (χ3n) is 3.14. The van der Waals surface area contributed by atoms with E-state index in [0.29, 0.717) is 17.4 Å². The first-order chi connectivity index (χ1) is 10.6. The number of aromatic nitrogens is 1. The molecule has 0 aliphatic carbocycles. The lowest BCUT2D eigenvalue weighted by atomic mass is 10.2. The lowest BCUT2D eigenvalue weighted by molar-refractivity contribution is 0.185. The molecule has 2 amide bonds. The van der Waals surface area contributed by atoms with Crippen LogP contribution in [0.4, 0.5) is 10.5 Å². The fraction of sp³-hybridized carbons (Fsp3) is 0.250. The zero-order chi connectivity index (χ0) is 15.9. The number of rotatable bonds is 5. The molecule has 5 nitrogen and oxygen atoms in total. The summed E-state index contributed by atoms with van der Waals surface area (Å²) in [4.78, 5) is 17.9. The number of nitrogens with zero attached hydrogens (tertiary/aromatic N) is 2. The van der Waals surface area contributed by atoms with Crippen LogP contribution in [-0.4, -0.2) is 34.2 Å². The molecule has 22 heavy (non-hydrogen) atoms. The summed E-state index contributed by atoms with van der Waals surface area (Å²) < 4.78 is 0. The van der Waals surface area contributed by atoms with Crippen molar-refractivity contribution >= 4 is 23.3 Å². The Morgan fingerprint density at radius 3 is 2.73 bits per heavy atom. The van der Waals surface area contributed by atoms with Crippen LogP contribution in [0.15, 0.2) is 42.6 Å². The van der Waals surface area contributed by atoms with Gasteiger partial charge in [-0.3, -0.25) is 0 Å². The number of carbonyl (C=O) groups excluding carboxylic acids is 1. The van der Waals surface area contributed by atoms with Crippen LogP contribution in [0.5, 0.6) is 0 Å². The maximum atomic E-state index is 12.3. The smallest absolute Gasteiger partial charge is 0.322 e. The largest absolute Gasteiger partial charge is 0.395 e. The van der Waals surface area contributed by atoms with Gasteiger partial charge in [0.15, 0.2) is 0 Å². The van der Waals surface area contributed by atoms with E-state index in [1.54, 1.807) is 11.0 Å². The number of aliphatic hydroxyl groups excluding tert-OH is 1. The summed E-state index contributed by atoms with van der Waals surface area (Å²) in [6, 6.07) is 11.1. The number of urea groups is 1. The molecule has 0 saturated carbocycles. The highest BCUT2D eigenvalue weighted by Gasteiger charge is 2.14. The predicted octanol–water partition coefficient (Wildman–Crippen LogP) is 3.07. The van der Waals surface area contributed by atoms with Crippen LogP contribution < -0.4 is 5.32 Å². The van der Waals surface area contributed by atoms with Crippen LogP contribution in [0, 0.1) is 6.92 Å². The van der Waals surface area contributed by atoms with Gasteiger partial charge in [-0.05, 0) is 24.1 Å². The van der Waals surface area contributed by atoms with E-state index in [-0.39, 0.29) is 19.2 Å². The van der Waals surface area contributed by atoms with E-state index in [2.05, 4.69) is 10.3 Å². The fourth-order valence-corrected chi connectivity index (χ4v) is 2.11. The Kier molecular flexibility index (Phi) is 5.75. The summed E-state index contributed by atoms with van der Waals surface area (Å²) >= 11 is 5.87. The fourth-order valence-electron chi connectivity index (χ4n) is 2.01. The monoisotopic (exact) mass is 319 g/mol. The molecule has 0 radical (unpaired) electrons.